The van der Waals surface area contributed by atoms with E-state index in [9.17, 15) is 14.9 Å². The Kier molecular flexibility index (Phi) is 2.47. The predicted molar refractivity (Wildman–Crippen MR) is 54.9 cm³/mol. The van der Waals surface area contributed by atoms with E-state index in [0.717, 1.165) is 0 Å². The molecule has 0 radical (unpaired) electrons. The zero-order valence-corrected chi connectivity index (χ0v) is 8.38. The minimum atomic E-state index is -0.812. The molecule has 0 saturated carbocycles. The van der Waals surface area contributed by atoms with Crippen LogP contribution in [0.15, 0.2) is 18.2 Å². The van der Waals surface area contributed by atoms with E-state index < -0.39 is 16.9 Å². The molecule has 0 saturated heterocycles. The van der Waals surface area contributed by atoms with Crippen molar-refractivity contribution in [3.8, 4) is 5.75 Å². The summed E-state index contributed by atoms with van der Waals surface area (Å²) in [6.07, 6.45) is 0.182. The second-order valence-corrected chi connectivity index (χ2v) is 3.60. The highest BCUT2D eigenvalue weighted by Gasteiger charge is 2.30. The molecule has 0 fully saturated rings. The van der Waals surface area contributed by atoms with E-state index in [1.54, 1.807) is 18.2 Å². The Morgan fingerprint density at radius 3 is 2.94 bits per heavy atom. The van der Waals surface area contributed by atoms with Crippen LogP contribution >= 0.6 is 0 Å². The molecule has 84 valence electrons. The van der Waals surface area contributed by atoms with Crippen molar-refractivity contribution >= 4 is 5.91 Å². The van der Waals surface area contributed by atoms with Crippen molar-refractivity contribution in [1.82, 2.24) is 0 Å². The number of nitrogens with zero attached hydrogens (tertiary/aromatic N) is 1. The van der Waals surface area contributed by atoms with Gasteiger partial charge in [-0.05, 0) is 12.1 Å². The number of ether oxygens (including phenoxy) is 1. The summed E-state index contributed by atoms with van der Waals surface area (Å²) < 4.78 is 5.24. The van der Waals surface area contributed by atoms with Crippen molar-refractivity contribution in [3.05, 3.63) is 39.4 Å². The number of hydrogen-bond donors (Lipinski definition) is 1. The Labute approximate surface area is 91.2 Å². The lowest BCUT2D eigenvalue weighted by atomic mass is 9.97. The van der Waals surface area contributed by atoms with Crippen molar-refractivity contribution in [3.63, 3.8) is 0 Å². The van der Waals surface area contributed by atoms with Gasteiger partial charge in [-0.15, -0.1) is 0 Å². The van der Waals surface area contributed by atoms with Crippen molar-refractivity contribution in [2.75, 3.05) is 6.61 Å². The summed E-state index contributed by atoms with van der Waals surface area (Å²) in [7, 11) is 0. The van der Waals surface area contributed by atoms with Gasteiger partial charge in [-0.25, -0.2) is 0 Å². The monoisotopic (exact) mass is 222 g/mol. The Hall–Kier alpha value is -2.11. The minimum Gasteiger partial charge on any atom is -0.486 e. The molecule has 0 aliphatic carbocycles. The molecule has 1 unspecified atom stereocenters. The molecular formula is C10H10N2O4. The van der Waals surface area contributed by atoms with Gasteiger partial charge in [0, 0.05) is 22.5 Å². The summed E-state index contributed by atoms with van der Waals surface area (Å²) in [6, 6.07) is 4.06. The second kappa shape index (κ2) is 3.80. The van der Waals surface area contributed by atoms with Crippen LogP contribution in [0.2, 0.25) is 0 Å². The second-order valence-electron chi connectivity index (χ2n) is 3.60. The minimum absolute atomic E-state index is 0.0300. The van der Waals surface area contributed by atoms with Gasteiger partial charge >= 0.3 is 0 Å². The summed E-state index contributed by atoms with van der Waals surface area (Å²) in [5, 5.41) is 10.7. The van der Waals surface area contributed by atoms with Crippen molar-refractivity contribution < 1.29 is 14.5 Å². The van der Waals surface area contributed by atoms with E-state index in [1.807, 2.05) is 0 Å². The fourth-order valence-electron chi connectivity index (χ4n) is 1.76. The van der Waals surface area contributed by atoms with Crippen molar-refractivity contribution in [2.45, 2.75) is 12.5 Å². The summed E-state index contributed by atoms with van der Waals surface area (Å²) in [5.41, 5.74) is 6.02. The maximum Gasteiger partial charge on any atom is 0.250 e. The molecular weight excluding hydrogens is 212 g/mol. The molecule has 1 amide bonds. The van der Waals surface area contributed by atoms with Crippen LogP contribution in [0.3, 0.4) is 0 Å². The summed E-state index contributed by atoms with van der Waals surface area (Å²) in [6.45, 7) is 0.0300. The lowest BCUT2D eigenvalue weighted by Gasteiger charge is -2.21. The Morgan fingerprint density at radius 2 is 2.31 bits per heavy atom. The third-order valence-electron chi connectivity index (χ3n) is 2.57. The van der Waals surface area contributed by atoms with Crippen molar-refractivity contribution in [1.29, 1.82) is 0 Å². The number of fused-ring (bicyclic) bond motifs is 1. The summed E-state index contributed by atoms with van der Waals surface area (Å²) >= 11 is 0. The molecule has 0 aromatic heterocycles. The molecule has 6 heteroatoms. The molecule has 1 aromatic carbocycles. The van der Waals surface area contributed by atoms with E-state index in [1.165, 1.54) is 0 Å². The van der Waals surface area contributed by atoms with Crippen LogP contribution in [0, 0.1) is 10.1 Å². The van der Waals surface area contributed by atoms with E-state index >= 15 is 0 Å². The first-order valence-electron chi connectivity index (χ1n) is 4.77. The summed E-state index contributed by atoms with van der Waals surface area (Å²) in [5.74, 6) is -0.0844. The molecule has 1 aromatic rings. The van der Waals surface area contributed by atoms with Crippen LogP contribution in [-0.2, 0) is 6.42 Å². The van der Waals surface area contributed by atoms with Crippen molar-refractivity contribution in [2.24, 2.45) is 5.73 Å². The number of nitrogens with two attached hydrogens (primary N) is 1. The highest BCUT2D eigenvalue weighted by Crippen LogP contribution is 2.28. The number of nitro groups is 1. The molecule has 1 atom stereocenters. The van der Waals surface area contributed by atoms with Gasteiger partial charge in [0.1, 0.15) is 5.75 Å². The third-order valence-corrected chi connectivity index (χ3v) is 2.57. The SMILES string of the molecule is NC(=O)c1cccc2c1CC([N+](=O)[O-])CO2. The number of benzene rings is 1. The van der Waals surface area contributed by atoms with E-state index in [0.29, 0.717) is 16.9 Å². The zero-order valence-electron chi connectivity index (χ0n) is 8.38. The highest BCUT2D eigenvalue weighted by atomic mass is 16.6. The topological polar surface area (TPSA) is 95.5 Å². The average molecular weight is 222 g/mol. The number of primary amides is 1. The fourth-order valence-corrected chi connectivity index (χ4v) is 1.76. The quantitative estimate of drug-likeness (QED) is 0.577. The number of carbonyl (C=O) groups excluding carboxylic acids is 1. The Balaban J connectivity index is 2.41. The molecule has 0 spiro atoms. The van der Waals surface area contributed by atoms with Crippen LogP contribution in [0.4, 0.5) is 0 Å². The molecule has 0 bridgehead atoms. The maximum absolute atomic E-state index is 11.1. The van der Waals surface area contributed by atoms with Gasteiger partial charge < -0.3 is 10.5 Å². The lowest BCUT2D eigenvalue weighted by Crippen LogP contribution is -2.34. The standard InChI is InChI=1S/C10H10N2O4/c11-10(13)7-2-1-3-9-8(7)4-6(5-16-9)12(14)15/h1-3,6H,4-5H2,(H2,11,13). The number of rotatable bonds is 2. The van der Waals surface area contributed by atoms with Gasteiger partial charge in [0.25, 0.3) is 6.04 Å². The Bertz CT molecular complexity index is 458. The smallest absolute Gasteiger partial charge is 0.250 e. The first-order chi connectivity index (χ1) is 7.59. The van der Waals surface area contributed by atoms with Crippen LogP contribution in [-0.4, -0.2) is 23.5 Å². The van der Waals surface area contributed by atoms with Gasteiger partial charge in [0.15, 0.2) is 6.61 Å². The zero-order chi connectivity index (χ0) is 11.7. The third kappa shape index (κ3) is 1.69. The van der Waals surface area contributed by atoms with Gasteiger partial charge in [0.05, 0.1) is 0 Å². The molecule has 16 heavy (non-hydrogen) atoms. The molecule has 6 nitrogen and oxygen atoms in total. The number of carbonyl (C=O) groups is 1. The van der Waals surface area contributed by atoms with Crippen LogP contribution in [0.1, 0.15) is 15.9 Å². The van der Waals surface area contributed by atoms with E-state index in [2.05, 4.69) is 0 Å². The number of hydrogen-bond acceptors (Lipinski definition) is 4. The van der Waals surface area contributed by atoms with Crippen LogP contribution in [0.5, 0.6) is 5.75 Å². The average Bonchev–Trinajstić information content (AvgIpc) is 2.27. The van der Waals surface area contributed by atoms with Crippen LogP contribution < -0.4 is 10.5 Å². The predicted octanol–water partition coefficient (Wildman–Crippen LogP) is 0.366. The lowest BCUT2D eigenvalue weighted by molar-refractivity contribution is -0.525. The molecule has 1 aliphatic rings. The van der Waals surface area contributed by atoms with Gasteiger partial charge in [-0.3, -0.25) is 14.9 Å². The largest absolute Gasteiger partial charge is 0.486 e. The summed E-state index contributed by atoms with van der Waals surface area (Å²) in [4.78, 5) is 21.4. The molecule has 1 heterocycles. The van der Waals surface area contributed by atoms with E-state index in [-0.39, 0.29) is 13.0 Å². The number of amides is 1. The first kappa shape index (κ1) is 10.4. The first-order valence-corrected chi connectivity index (χ1v) is 4.77. The van der Waals surface area contributed by atoms with Gasteiger partial charge in [-0.2, -0.15) is 0 Å². The Morgan fingerprint density at radius 1 is 1.56 bits per heavy atom. The molecule has 1 aliphatic heterocycles. The normalized spacial score (nSPS) is 18.4. The fraction of sp³-hybridized carbons (Fsp3) is 0.300. The van der Waals surface area contributed by atoms with Gasteiger partial charge in [0.2, 0.25) is 5.91 Å². The highest BCUT2D eigenvalue weighted by molar-refractivity contribution is 5.95. The molecule has 2 N–H and O–H groups in total. The van der Waals surface area contributed by atoms with Crippen LogP contribution in [0.25, 0.3) is 0 Å². The van der Waals surface area contributed by atoms with Gasteiger partial charge in [-0.1, -0.05) is 6.07 Å². The molecule has 2 rings (SSSR count). The maximum atomic E-state index is 11.1. The van der Waals surface area contributed by atoms with E-state index in [4.69, 9.17) is 10.5 Å².